The Morgan fingerprint density at radius 2 is 1.90 bits per heavy atom. The van der Waals surface area contributed by atoms with Crippen LogP contribution in [0, 0.1) is 5.92 Å². The minimum absolute atomic E-state index is 0.220. The van der Waals surface area contributed by atoms with Gasteiger partial charge in [-0.05, 0) is 43.0 Å². The van der Waals surface area contributed by atoms with Gasteiger partial charge in [-0.3, -0.25) is 0 Å². The van der Waals surface area contributed by atoms with E-state index in [0.29, 0.717) is 5.92 Å². The van der Waals surface area contributed by atoms with Gasteiger partial charge in [0.05, 0.1) is 7.11 Å². The van der Waals surface area contributed by atoms with Gasteiger partial charge in [0.1, 0.15) is 5.75 Å². The molecular formula is C16H22N2O2. The molecule has 0 atom stereocenters. The Balaban J connectivity index is 1.75. The highest BCUT2D eigenvalue weighted by molar-refractivity contribution is 5.89. The molecule has 0 unspecified atom stereocenters. The van der Waals surface area contributed by atoms with Crippen molar-refractivity contribution in [1.29, 1.82) is 0 Å². The highest BCUT2D eigenvalue weighted by Crippen LogP contribution is 2.24. The molecule has 0 heterocycles. The van der Waals surface area contributed by atoms with Crippen LogP contribution in [0.2, 0.25) is 0 Å². The third-order valence-corrected chi connectivity index (χ3v) is 3.58. The zero-order valence-electron chi connectivity index (χ0n) is 11.9. The van der Waals surface area contributed by atoms with Crippen LogP contribution in [-0.2, 0) is 0 Å². The highest BCUT2D eigenvalue weighted by Gasteiger charge is 2.09. The first-order valence-corrected chi connectivity index (χ1v) is 7.16. The molecule has 1 saturated carbocycles. The lowest BCUT2D eigenvalue weighted by Crippen LogP contribution is -2.24. The van der Waals surface area contributed by atoms with E-state index >= 15 is 0 Å². The Labute approximate surface area is 120 Å². The van der Waals surface area contributed by atoms with E-state index in [-0.39, 0.29) is 6.03 Å². The summed E-state index contributed by atoms with van der Waals surface area (Å²) in [7, 11) is 1.62. The van der Waals surface area contributed by atoms with Gasteiger partial charge >= 0.3 is 6.03 Å². The quantitative estimate of drug-likeness (QED) is 0.874. The first-order chi connectivity index (χ1) is 9.78. The van der Waals surface area contributed by atoms with E-state index in [9.17, 15) is 4.79 Å². The standard InChI is InChI=1S/C16H22N2O2/c1-20-15-9-7-14(8-10-15)18-16(19)17-12-11-13-5-3-2-4-6-13/h7-13H,2-6H2,1H3,(H2,17,18,19)/b12-11+. The zero-order valence-corrected chi connectivity index (χ0v) is 11.9. The minimum atomic E-state index is -0.220. The number of ether oxygens (including phenoxy) is 1. The second-order valence-electron chi connectivity index (χ2n) is 5.08. The third kappa shape index (κ3) is 4.61. The van der Waals surface area contributed by atoms with Gasteiger partial charge in [-0.2, -0.15) is 0 Å². The van der Waals surface area contributed by atoms with Crippen molar-refractivity contribution >= 4 is 11.7 Å². The maximum atomic E-state index is 11.7. The Morgan fingerprint density at radius 1 is 1.20 bits per heavy atom. The number of carbonyl (C=O) groups excluding carboxylic acids is 1. The Morgan fingerprint density at radius 3 is 2.55 bits per heavy atom. The van der Waals surface area contributed by atoms with E-state index in [1.807, 2.05) is 24.3 Å². The molecule has 0 bridgehead atoms. The summed E-state index contributed by atoms with van der Waals surface area (Å²) in [6.45, 7) is 0. The van der Waals surface area contributed by atoms with E-state index < -0.39 is 0 Å². The van der Waals surface area contributed by atoms with Crippen LogP contribution >= 0.6 is 0 Å². The monoisotopic (exact) mass is 274 g/mol. The Hall–Kier alpha value is -1.97. The molecule has 20 heavy (non-hydrogen) atoms. The van der Waals surface area contributed by atoms with Crippen LogP contribution < -0.4 is 15.4 Å². The fraction of sp³-hybridized carbons (Fsp3) is 0.438. The smallest absolute Gasteiger partial charge is 0.323 e. The van der Waals surface area contributed by atoms with Crippen LogP contribution in [0.1, 0.15) is 32.1 Å². The molecule has 108 valence electrons. The number of anilines is 1. The second-order valence-corrected chi connectivity index (χ2v) is 5.08. The summed E-state index contributed by atoms with van der Waals surface area (Å²) in [5.41, 5.74) is 0.745. The summed E-state index contributed by atoms with van der Waals surface area (Å²) >= 11 is 0. The molecular weight excluding hydrogens is 252 g/mol. The maximum Gasteiger partial charge on any atom is 0.323 e. The molecule has 0 radical (unpaired) electrons. The van der Waals surface area contributed by atoms with Crippen molar-refractivity contribution in [3.63, 3.8) is 0 Å². The number of allylic oxidation sites excluding steroid dienone is 1. The van der Waals surface area contributed by atoms with Crippen LogP contribution in [0.25, 0.3) is 0 Å². The van der Waals surface area contributed by atoms with Crippen molar-refractivity contribution in [1.82, 2.24) is 5.32 Å². The largest absolute Gasteiger partial charge is 0.497 e. The topological polar surface area (TPSA) is 50.4 Å². The van der Waals surface area contributed by atoms with Crippen LogP contribution in [0.5, 0.6) is 5.75 Å². The number of hydrogen-bond donors (Lipinski definition) is 2. The number of urea groups is 1. The summed E-state index contributed by atoms with van der Waals surface area (Å²) in [4.78, 5) is 11.7. The van der Waals surface area contributed by atoms with Crippen molar-refractivity contribution < 1.29 is 9.53 Å². The van der Waals surface area contributed by atoms with Gasteiger partial charge in [0.2, 0.25) is 0 Å². The van der Waals surface area contributed by atoms with E-state index in [2.05, 4.69) is 16.7 Å². The van der Waals surface area contributed by atoms with Crippen LogP contribution in [-0.4, -0.2) is 13.1 Å². The molecule has 1 aromatic rings. The summed E-state index contributed by atoms with van der Waals surface area (Å²) in [6.07, 6.45) is 10.3. The Kier molecular flexibility index (Phi) is 5.47. The van der Waals surface area contributed by atoms with Crippen LogP contribution in [0.3, 0.4) is 0 Å². The molecule has 1 aliphatic carbocycles. The second kappa shape index (κ2) is 7.58. The third-order valence-electron chi connectivity index (χ3n) is 3.58. The number of amides is 2. The van der Waals surface area contributed by atoms with Crippen LogP contribution in [0.15, 0.2) is 36.5 Å². The lowest BCUT2D eigenvalue weighted by molar-refractivity contribution is 0.255. The molecule has 1 aliphatic rings. The number of hydrogen-bond acceptors (Lipinski definition) is 2. The van der Waals surface area contributed by atoms with Crippen molar-refractivity contribution in [2.24, 2.45) is 5.92 Å². The van der Waals surface area contributed by atoms with Gasteiger partial charge in [-0.15, -0.1) is 0 Å². The molecule has 4 nitrogen and oxygen atoms in total. The van der Waals surface area contributed by atoms with Crippen molar-refractivity contribution in [2.45, 2.75) is 32.1 Å². The predicted molar refractivity (Wildman–Crippen MR) is 80.9 cm³/mol. The SMILES string of the molecule is COc1ccc(NC(=O)N/C=C/C2CCCCC2)cc1. The first kappa shape index (κ1) is 14.4. The molecule has 0 saturated heterocycles. The Bertz CT molecular complexity index is 448. The first-order valence-electron chi connectivity index (χ1n) is 7.16. The van der Waals surface area contributed by atoms with Gasteiger partial charge < -0.3 is 15.4 Å². The number of benzene rings is 1. The number of nitrogens with one attached hydrogen (secondary N) is 2. The molecule has 2 rings (SSSR count). The molecule has 0 spiro atoms. The summed E-state index contributed by atoms with van der Waals surface area (Å²) in [5.74, 6) is 1.39. The molecule has 4 heteroatoms. The maximum absolute atomic E-state index is 11.7. The van der Waals surface area contributed by atoms with E-state index in [4.69, 9.17) is 4.74 Å². The average molecular weight is 274 g/mol. The fourth-order valence-electron chi connectivity index (χ4n) is 2.43. The number of rotatable bonds is 4. The highest BCUT2D eigenvalue weighted by atomic mass is 16.5. The lowest BCUT2D eigenvalue weighted by Gasteiger charge is -2.17. The number of carbonyl (C=O) groups is 1. The molecule has 0 aromatic heterocycles. The zero-order chi connectivity index (χ0) is 14.2. The van der Waals surface area contributed by atoms with Crippen molar-refractivity contribution in [3.8, 4) is 5.75 Å². The van der Waals surface area contributed by atoms with Gasteiger partial charge in [-0.25, -0.2) is 4.79 Å². The van der Waals surface area contributed by atoms with Crippen molar-refractivity contribution in [3.05, 3.63) is 36.5 Å². The van der Waals surface area contributed by atoms with Gasteiger partial charge in [0.15, 0.2) is 0 Å². The van der Waals surface area contributed by atoms with E-state index in [0.717, 1.165) is 11.4 Å². The van der Waals surface area contributed by atoms with Crippen molar-refractivity contribution in [2.75, 3.05) is 12.4 Å². The summed E-state index contributed by atoms with van der Waals surface area (Å²) < 4.78 is 5.07. The molecule has 0 aliphatic heterocycles. The molecule has 2 amide bonds. The minimum Gasteiger partial charge on any atom is -0.497 e. The fourth-order valence-corrected chi connectivity index (χ4v) is 2.43. The van der Waals surface area contributed by atoms with E-state index in [1.165, 1.54) is 32.1 Å². The van der Waals surface area contributed by atoms with Gasteiger partial charge in [0, 0.05) is 11.9 Å². The lowest BCUT2D eigenvalue weighted by atomic mass is 9.89. The van der Waals surface area contributed by atoms with E-state index in [1.54, 1.807) is 13.3 Å². The van der Waals surface area contributed by atoms with Gasteiger partial charge in [-0.1, -0.05) is 25.3 Å². The molecule has 1 aromatic carbocycles. The van der Waals surface area contributed by atoms with Gasteiger partial charge in [0.25, 0.3) is 0 Å². The summed E-state index contributed by atoms with van der Waals surface area (Å²) in [5, 5.41) is 5.52. The summed E-state index contributed by atoms with van der Waals surface area (Å²) in [6, 6.07) is 7.02. The predicted octanol–water partition coefficient (Wildman–Crippen LogP) is 3.91. The normalized spacial score (nSPS) is 16.1. The molecule has 2 N–H and O–H groups in total. The number of methoxy groups -OCH3 is 1. The average Bonchev–Trinajstić information content (AvgIpc) is 2.49. The molecule has 1 fully saturated rings. The van der Waals surface area contributed by atoms with Crippen LogP contribution in [0.4, 0.5) is 10.5 Å².